The molecule has 0 aliphatic heterocycles. The molecule has 3 rings (SSSR count). The molecule has 0 spiro atoms. The van der Waals surface area contributed by atoms with Gasteiger partial charge in [0.05, 0.1) is 0 Å². The summed E-state index contributed by atoms with van der Waals surface area (Å²) in [5.41, 5.74) is 3.75. The number of aromatic hydroxyl groups is 1. The number of hydrogen-bond acceptors (Lipinski definition) is 2. The zero-order valence-corrected chi connectivity index (χ0v) is 14.2. The zero-order valence-electron chi connectivity index (χ0n) is 13.4. The third-order valence-corrected chi connectivity index (χ3v) is 3.97. The second-order valence-electron chi connectivity index (χ2n) is 5.70. The molecule has 0 aliphatic carbocycles. The largest absolute Gasteiger partial charge is 0.508 e. The summed E-state index contributed by atoms with van der Waals surface area (Å²) in [6.45, 7) is 0.819. The van der Waals surface area contributed by atoms with Crippen molar-refractivity contribution in [2.45, 2.75) is 19.0 Å². The summed E-state index contributed by atoms with van der Waals surface area (Å²) < 4.78 is 0. The van der Waals surface area contributed by atoms with E-state index >= 15 is 0 Å². The van der Waals surface area contributed by atoms with Crippen molar-refractivity contribution < 1.29 is 5.11 Å². The van der Waals surface area contributed by atoms with E-state index < -0.39 is 0 Å². The summed E-state index contributed by atoms with van der Waals surface area (Å²) in [5.74, 6) is 0.301. The summed E-state index contributed by atoms with van der Waals surface area (Å²) in [4.78, 5) is 0. The molecule has 0 bridgehead atoms. The fourth-order valence-corrected chi connectivity index (χ4v) is 2.70. The SMILES string of the molecule is Cl.Oc1ccc(C(Cc2ccccc2)NCc2ccccc2)cc1. The molecule has 0 saturated carbocycles. The van der Waals surface area contributed by atoms with E-state index in [1.165, 1.54) is 16.7 Å². The Kier molecular flexibility index (Phi) is 6.86. The van der Waals surface area contributed by atoms with Gasteiger partial charge in [-0.1, -0.05) is 72.8 Å². The molecule has 0 radical (unpaired) electrons. The highest BCUT2D eigenvalue weighted by atomic mass is 35.5. The summed E-state index contributed by atoms with van der Waals surface area (Å²) in [6.07, 6.45) is 0.915. The summed E-state index contributed by atoms with van der Waals surface area (Å²) in [5, 5.41) is 13.2. The molecule has 3 heteroatoms. The van der Waals surface area contributed by atoms with Crippen LogP contribution in [0, 0.1) is 0 Å². The van der Waals surface area contributed by atoms with Gasteiger partial charge in [-0.05, 0) is 35.2 Å². The van der Waals surface area contributed by atoms with Gasteiger partial charge < -0.3 is 10.4 Å². The maximum Gasteiger partial charge on any atom is 0.115 e. The third-order valence-electron chi connectivity index (χ3n) is 3.97. The topological polar surface area (TPSA) is 32.3 Å². The van der Waals surface area contributed by atoms with E-state index in [0.29, 0.717) is 5.75 Å². The van der Waals surface area contributed by atoms with Crippen molar-refractivity contribution in [2.24, 2.45) is 0 Å². The van der Waals surface area contributed by atoms with Crippen molar-refractivity contribution in [3.63, 3.8) is 0 Å². The number of hydrogen-bond donors (Lipinski definition) is 2. The number of halogens is 1. The average Bonchev–Trinajstić information content (AvgIpc) is 2.61. The van der Waals surface area contributed by atoms with E-state index in [4.69, 9.17) is 0 Å². The predicted molar refractivity (Wildman–Crippen MR) is 102 cm³/mol. The lowest BCUT2D eigenvalue weighted by Gasteiger charge is -2.20. The Morgan fingerprint density at radius 3 is 1.83 bits per heavy atom. The lowest BCUT2D eigenvalue weighted by atomic mass is 9.98. The summed E-state index contributed by atoms with van der Waals surface area (Å²) >= 11 is 0. The Morgan fingerprint density at radius 2 is 1.25 bits per heavy atom. The maximum atomic E-state index is 9.52. The first kappa shape index (κ1) is 18.1. The van der Waals surface area contributed by atoms with E-state index in [0.717, 1.165) is 13.0 Å². The fraction of sp³-hybridized carbons (Fsp3) is 0.143. The van der Waals surface area contributed by atoms with Gasteiger partial charge in [0.15, 0.2) is 0 Å². The maximum absolute atomic E-state index is 9.52. The van der Waals surface area contributed by atoms with Gasteiger partial charge in [0.25, 0.3) is 0 Å². The molecule has 24 heavy (non-hydrogen) atoms. The highest BCUT2D eigenvalue weighted by molar-refractivity contribution is 5.85. The van der Waals surface area contributed by atoms with Crippen LogP contribution in [0.25, 0.3) is 0 Å². The third kappa shape index (κ3) is 5.12. The summed E-state index contributed by atoms with van der Waals surface area (Å²) in [6, 6.07) is 28.6. The number of phenolic OH excluding ortho intramolecular Hbond substituents is 1. The minimum atomic E-state index is 0. The lowest BCUT2D eigenvalue weighted by Crippen LogP contribution is -2.23. The van der Waals surface area contributed by atoms with Gasteiger partial charge >= 0.3 is 0 Å². The van der Waals surface area contributed by atoms with Crippen LogP contribution in [0.3, 0.4) is 0 Å². The first-order valence-corrected chi connectivity index (χ1v) is 7.91. The van der Waals surface area contributed by atoms with Crippen molar-refractivity contribution in [2.75, 3.05) is 0 Å². The Bertz CT molecular complexity index is 714. The molecule has 0 heterocycles. The number of phenols is 1. The van der Waals surface area contributed by atoms with E-state index in [1.54, 1.807) is 12.1 Å². The number of rotatable bonds is 6. The van der Waals surface area contributed by atoms with Gasteiger partial charge in [0.1, 0.15) is 5.75 Å². The van der Waals surface area contributed by atoms with Crippen LogP contribution in [0.15, 0.2) is 84.9 Å². The van der Waals surface area contributed by atoms with Crippen LogP contribution in [-0.2, 0) is 13.0 Å². The molecular weight excluding hydrogens is 318 g/mol. The molecule has 2 N–H and O–H groups in total. The normalized spacial score (nSPS) is 11.5. The number of nitrogens with one attached hydrogen (secondary N) is 1. The molecule has 1 unspecified atom stereocenters. The highest BCUT2D eigenvalue weighted by Crippen LogP contribution is 2.21. The van der Waals surface area contributed by atoms with E-state index in [9.17, 15) is 5.11 Å². The van der Waals surface area contributed by atoms with Crippen LogP contribution in [0.2, 0.25) is 0 Å². The van der Waals surface area contributed by atoms with Crippen LogP contribution < -0.4 is 5.32 Å². The highest BCUT2D eigenvalue weighted by Gasteiger charge is 2.12. The molecule has 0 saturated heterocycles. The monoisotopic (exact) mass is 339 g/mol. The van der Waals surface area contributed by atoms with Gasteiger partial charge in [-0.25, -0.2) is 0 Å². The Morgan fingerprint density at radius 1 is 0.708 bits per heavy atom. The Labute approximate surface area is 149 Å². The molecular formula is C21H22ClNO. The second kappa shape index (κ2) is 9.11. The predicted octanol–water partition coefficient (Wildman–Crippen LogP) is 4.89. The standard InChI is InChI=1S/C21H21NO.ClH/c23-20-13-11-19(12-14-20)21(15-17-7-3-1-4-8-17)22-16-18-9-5-2-6-10-18;/h1-14,21-23H,15-16H2;1H. The molecule has 1 atom stereocenters. The van der Waals surface area contributed by atoms with Crippen LogP contribution in [0.4, 0.5) is 0 Å². The van der Waals surface area contributed by atoms with Crippen LogP contribution >= 0.6 is 12.4 Å². The second-order valence-corrected chi connectivity index (χ2v) is 5.70. The van der Waals surface area contributed by atoms with E-state index in [2.05, 4.69) is 53.8 Å². The van der Waals surface area contributed by atoms with Crippen molar-refractivity contribution in [1.82, 2.24) is 5.32 Å². The smallest absolute Gasteiger partial charge is 0.115 e. The molecule has 3 aromatic carbocycles. The summed E-state index contributed by atoms with van der Waals surface area (Å²) in [7, 11) is 0. The molecule has 2 nitrogen and oxygen atoms in total. The Balaban J connectivity index is 0.00000208. The molecule has 0 amide bonds. The number of benzene rings is 3. The van der Waals surface area contributed by atoms with Gasteiger partial charge in [-0.2, -0.15) is 0 Å². The van der Waals surface area contributed by atoms with Crippen molar-refractivity contribution >= 4 is 12.4 Å². The van der Waals surface area contributed by atoms with Crippen LogP contribution in [-0.4, -0.2) is 5.11 Å². The molecule has 3 aromatic rings. The average molecular weight is 340 g/mol. The van der Waals surface area contributed by atoms with Crippen LogP contribution in [0.5, 0.6) is 5.75 Å². The quantitative estimate of drug-likeness (QED) is 0.670. The fourth-order valence-electron chi connectivity index (χ4n) is 2.70. The first-order chi connectivity index (χ1) is 11.3. The van der Waals surface area contributed by atoms with E-state index in [1.807, 2.05) is 24.3 Å². The lowest BCUT2D eigenvalue weighted by molar-refractivity contribution is 0.473. The molecule has 0 fully saturated rings. The Hall–Kier alpha value is -2.29. The minimum Gasteiger partial charge on any atom is -0.508 e. The van der Waals surface area contributed by atoms with Crippen molar-refractivity contribution in [3.8, 4) is 5.75 Å². The van der Waals surface area contributed by atoms with E-state index in [-0.39, 0.29) is 18.4 Å². The molecule has 0 aromatic heterocycles. The minimum absolute atomic E-state index is 0. The van der Waals surface area contributed by atoms with Crippen molar-refractivity contribution in [3.05, 3.63) is 102 Å². The molecule has 0 aliphatic rings. The van der Waals surface area contributed by atoms with Gasteiger partial charge in [0, 0.05) is 12.6 Å². The van der Waals surface area contributed by atoms with Gasteiger partial charge in [-0.3, -0.25) is 0 Å². The van der Waals surface area contributed by atoms with Gasteiger partial charge in [0.2, 0.25) is 0 Å². The first-order valence-electron chi connectivity index (χ1n) is 7.91. The van der Waals surface area contributed by atoms with Gasteiger partial charge in [-0.15, -0.1) is 12.4 Å². The van der Waals surface area contributed by atoms with Crippen molar-refractivity contribution in [1.29, 1.82) is 0 Å². The zero-order chi connectivity index (χ0) is 15.9. The molecule has 124 valence electrons. The van der Waals surface area contributed by atoms with Crippen LogP contribution in [0.1, 0.15) is 22.7 Å².